The Bertz CT molecular complexity index is 788. The van der Waals surface area contributed by atoms with Crippen molar-refractivity contribution in [3.05, 3.63) is 47.9 Å². The van der Waals surface area contributed by atoms with Gasteiger partial charge in [0, 0.05) is 23.6 Å². The quantitative estimate of drug-likeness (QED) is 0.422. The molecule has 0 saturated heterocycles. The van der Waals surface area contributed by atoms with Crippen molar-refractivity contribution in [3.8, 4) is 0 Å². The zero-order valence-corrected chi connectivity index (χ0v) is 11.7. The van der Waals surface area contributed by atoms with Crippen molar-refractivity contribution in [2.24, 2.45) is 5.84 Å². The highest BCUT2D eigenvalue weighted by Gasteiger charge is 2.09. The fourth-order valence-corrected chi connectivity index (χ4v) is 2.41. The van der Waals surface area contributed by atoms with Crippen LogP contribution in [-0.4, -0.2) is 25.5 Å². The zero-order valence-electron chi connectivity index (χ0n) is 11.7. The van der Waals surface area contributed by atoms with E-state index in [1.165, 1.54) is 16.5 Å². The molecule has 108 valence electrons. The van der Waals surface area contributed by atoms with Gasteiger partial charge in [0.05, 0.1) is 12.7 Å². The van der Waals surface area contributed by atoms with E-state index in [4.69, 9.17) is 5.84 Å². The second kappa shape index (κ2) is 5.37. The lowest BCUT2D eigenvalue weighted by molar-refractivity contribution is 0.0948. The standard InChI is InChI=1S/C14H16N6O/c1-10-8-19(13-5-3-2-4-11(10)13)6-7-20-9-12(17-18-20)14(21)16-15/h2-5,8-9H,6-7,15H2,1H3,(H,16,21). The average Bonchev–Trinajstić information content (AvgIpc) is 3.10. The third-order valence-electron chi connectivity index (χ3n) is 3.46. The number of nitrogens with zero attached hydrogens (tertiary/aromatic N) is 4. The Morgan fingerprint density at radius 2 is 2.10 bits per heavy atom. The first kappa shape index (κ1) is 13.3. The number of para-hydroxylation sites is 1. The first-order chi connectivity index (χ1) is 10.2. The van der Waals surface area contributed by atoms with Crippen LogP contribution in [-0.2, 0) is 13.1 Å². The first-order valence-electron chi connectivity index (χ1n) is 6.64. The van der Waals surface area contributed by atoms with E-state index < -0.39 is 5.91 Å². The molecule has 0 unspecified atom stereocenters. The van der Waals surface area contributed by atoms with Crippen LogP contribution >= 0.6 is 0 Å². The molecule has 7 heteroatoms. The highest BCUT2D eigenvalue weighted by atomic mass is 16.2. The molecular formula is C14H16N6O. The molecule has 0 atom stereocenters. The molecule has 2 aromatic heterocycles. The predicted molar refractivity (Wildman–Crippen MR) is 78.4 cm³/mol. The molecule has 21 heavy (non-hydrogen) atoms. The maximum absolute atomic E-state index is 11.3. The number of aryl methyl sites for hydroxylation is 3. The predicted octanol–water partition coefficient (Wildman–Crippen LogP) is 0.845. The molecule has 1 amide bonds. The average molecular weight is 284 g/mol. The second-order valence-corrected chi connectivity index (χ2v) is 4.86. The molecule has 3 aromatic rings. The summed E-state index contributed by atoms with van der Waals surface area (Å²) in [6, 6.07) is 8.27. The number of nitrogen functional groups attached to an aromatic ring is 1. The summed E-state index contributed by atoms with van der Waals surface area (Å²) in [5, 5.41) is 8.95. The first-order valence-corrected chi connectivity index (χ1v) is 6.64. The van der Waals surface area contributed by atoms with Gasteiger partial charge in [0.2, 0.25) is 0 Å². The Hall–Kier alpha value is -2.67. The Morgan fingerprint density at radius 3 is 2.90 bits per heavy atom. The van der Waals surface area contributed by atoms with Crippen LogP contribution in [0, 0.1) is 6.92 Å². The van der Waals surface area contributed by atoms with Gasteiger partial charge in [-0.2, -0.15) is 0 Å². The Labute approximate surface area is 121 Å². The molecule has 3 N–H and O–H groups in total. The van der Waals surface area contributed by atoms with Gasteiger partial charge in [-0.25, -0.2) is 10.5 Å². The maximum Gasteiger partial charge on any atom is 0.287 e. The maximum atomic E-state index is 11.3. The number of rotatable bonds is 4. The Morgan fingerprint density at radius 1 is 1.29 bits per heavy atom. The van der Waals surface area contributed by atoms with Crippen LogP contribution in [0.3, 0.4) is 0 Å². The number of benzene rings is 1. The van der Waals surface area contributed by atoms with Crippen molar-refractivity contribution >= 4 is 16.8 Å². The van der Waals surface area contributed by atoms with Gasteiger partial charge in [-0.15, -0.1) is 5.10 Å². The van der Waals surface area contributed by atoms with Crippen LogP contribution in [0.4, 0.5) is 0 Å². The fraction of sp³-hybridized carbons (Fsp3) is 0.214. The number of amides is 1. The normalized spacial score (nSPS) is 11.0. The largest absolute Gasteiger partial charge is 0.345 e. The van der Waals surface area contributed by atoms with Gasteiger partial charge in [-0.1, -0.05) is 23.4 Å². The van der Waals surface area contributed by atoms with Gasteiger partial charge < -0.3 is 4.57 Å². The number of nitrogens with two attached hydrogens (primary N) is 1. The summed E-state index contributed by atoms with van der Waals surface area (Å²) in [5.41, 5.74) is 4.68. The number of hydrazine groups is 1. The molecule has 7 nitrogen and oxygen atoms in total. The van der Waals surface area contributed by atoms with E-state index in [0.717, 1.165) is 6.54 Å². The van der Waals surface area contributed by atoms with Crippen LogP contribution in [0.15, 0.2) is 36.7 Å². The van der Waals surface area contributed by atoms with Gasteiger partial charge in [0.15, 0.2) is 5.69 Å². The van der Waals surface area contributed by atoms with Crippen LogP contribution in [0.1, 0.15) is 16.1 Å². The molecule has 0 aliphatic rings. The van der Waals surface area contributed by atoms with E-state index in [1.807, 2.05) is 17.6 Å². The van der Waals surface area contributed by atoms with Crippen LogP contribution < -0.4 is 11.3 Å². The third kappa shape index (κ3) is 2.50. The number of fused-ring (bicyclic) bond motifs is 1. The molecule has 0 bridgehead atoms. The minimum absolute atomic E-state index is 0.214. The van der Waals surface area contributed by atoms with Crippen molar-refractivity contribution in [2.75, 3.05) is 0 Å². The molecule has 0 saturated carbocycles. The number of aromatic nitrogens is 4. The number of hydrogen-bond donors (Lipinski definition) is 2. The topological polar surface area (TPSA) is 90.8 Å². The van der Waals surface area contributed by atoms with E-state index in [1.54, 1.807) is 10.9 Å². The van der Waals surface area contributed by atoms with Crippen molar-refractivity contribution in [1.29, 1.82) is 0 Å². The van der Waals surface area contributed by atoms with Crippen LogP contribution in [0.2, 0.25) is 0 Å². The monoisotopic (exact) mass is 284 g/mol. The molecule has 0 aliphatic heterocycles. The molecule has 0 spiro atoms. The van der Waals surface area contributed by atoms with E-state index in [-0.39, 0.29) is 5.69 Å². The van der Waals surface area contributed by atoms with Gasteiger partial charge >= 0.3 is 0 Å². The summed E-state index contributed by atoms with van der Waals surface area (Å²) in [6.45, 7) is 3.47. The molecule has 0 fully saturated rings. The van der Waals surface area contributed by atoms with Crippen LogP contribution in [0.5, 0.6) is 0 Å². The molecule has 0 radical (unpaired) electrons. The van der Waals surface area contributed by atoms with Crippen molar-refractivity contribution in [3.63, 3.8) is 0 Å². The lowest BCUT2D eigenvalue weighted by Gasteiger charge is -2.04. The summed E-state index contributed by atoms with van der Waals surface area (Å²) in [6.07, 6.45) is 3.70. The smallest absolute Gasteiger partial charge is 0.287 e. The van der Waals surface area contributed by atoms with Crippen LogP contribution in [0.25, 0.3) is 10.9 Å². The minimum Gasteiger partial charge on any atom is -0.345 e. The van der Waals surface area contributed by atoms with Gasteiger partial charge in [0.25, 0.3) is 5.91 Å². The van der Waals surface area contributed by atoms with E-state index in [2.05, 4.69) is 40.1 Å². The Balaban J connectivity index is 1.77. The summed E-state index contributed by atoms with van der Waals surface area (Å²) in [5.74, 6) is 4.62. The zero-order chi connectivity index (χ0) is 14.8. The van der Waals surface area contributed by atoms with Gasteiger partial charge in [0.1, 0.15) is 0 Å². The van der Waals surface area contributed by atoms with E-state index in [0.29, 0.717) is 6.54 Å². The fourth-order valence-electron chi connectivity index (χ4n) is 2.41. The highest BCUT2D eigenvalue weighted by Crippen LogP contribution is 2.20. The Kier molecular flexibility index (Phi) is 3.41. The molecule has 3 rings (SSSR count). The van der Waals surface area contributed by atoms with Crippen molar-refractivity contribution in [2.45, 2.75) is 20.0 Å². The molecular weight excluding hydrogens is 268 g/mol. The number of hydrogen-bond acceptors (Lipinski definition) is 4. The molecule has 0 aliphatic carbocycles. The summed E-state index contributed by atoms with van der Waals surface area (Å²) in [4.78, 5) is 11.3. The van der Waals surface area contributed by atoms with E-state index >= 15 is 0 Å². The summed E-state index contributed by atoms with van der Waals surface area (Å²) >= 11 is 0. The van der Waals surface area contributed by atoms with Gasteiger partial charge in [-0.3, -0.25) is 10.2 Å². The number of carbonyl (C=O) groups excluding carboxylic acids is 1. The number of carbonyl (C=O) groups is 1. The second-order valence-electron chi connectivity index (χ2n) is 4.86. The van der Waals surface area contributed by atoms with Crippen molar-refractivity contribution < 1.29 is 4.79 Å². The van der Waals surface area contributed by atoms with Crippen molar-refractivity contribution in [1.82, 2.24) is 25.0 Å². The SMILES string of the molecule is Cc1cn(CCn2cc(C(=O)NN)nn2)c2ccccc12. The molecule has 1 aromatic carbocycles. The number of nitrogens with one attached hydrogen (secondary N) is 1. The summed E-state index contributed by atoms with van der Waals surface area (Å²) < 4.78 is 3.81. The lowest BCUT2D eigenvalue weighted by atomic mass is 10.2. The van der Waals surface area contributed by atoms with E-state index in [9.17, 15) is 4.79 Å². The third-order valence-corrected chi connectivity index (χ3v) is 3.46. The van der Waals surface area contributed by atoms with Gasteiger partial charge in [-0.05, 0) is 18.6 Å². The minimum atomic E-state index is -0.441. The highest BCUT2D eigenvalue weighted by molar-refractivity contribution is 5.91. The molecule has 2 heterocycles. The lowest BCUT2D eigenvalue weighted by Crippen LogP contribution is -2.30. The summed E-state index contributed by atoms with van der Waals surface area (Å²) in [7, 11) is 0.